The summed E-state index contributed by atoms with van der Waals surface area (Å²) in [7, 11) is 3.75. The fraction of sp³-hybridized carbons (Fsp3) is 0.579. The van der Waals surface area contributed by atoms with Crippen LogP contribution in [0.2, 0.25) is 0 Å². The second-order valence-electron chi connectivity index (χ2n) is 6.73. The van der Waals surface area contributed by atoms with Gasteiger partial charge < -0.3 is 14.0 Å². The molecule has 0 fully saturated rings. The second kappa shape index (κ2) is 8.68. The maximum atomic E-state index is 5.64. The number of hydrogen-bond acceptors (Lipinski definition) is 5. The quantitative estimate of drug-likeness (QED) is 0.691. The van der Waals surface area contributed by atoms with Gasteiger partial charge in [-0.15, -0.1) is 0 Å². The first kappa shape index (κ1) is 18.9. The molecule has 6 nitrogen and oxygen atoms in total. The van der Waals surface area contributed by atoms with Gasteiger partial charge in [0.05, 0.1) is 20.4 Å². The summed E-state index contributed by atoms with van der Waals surface area (Å²) in [6, 6.07) is 6.07. The van der Waals surface area contributed by atoms with Crippen molar-refractivity contribution in [3.05, 3.63) is 34.4 Å². The molecule has 2 aromatic rings. The summed E-state index contributed by atoms with van der Waals surface area (Å²) in [6.07, 6.45) is 4.68. The zero-order valence-electron chi connectivity index (χ0n) is 15.9. The van der Waals surface area contributed by atoms with E-state index in [2.05, 4.69) is 22.6 Å². The number of methoxy groups -OCH3 is 1. The van der Waals surface area contributed by atoms with Crippen molar-refractivity contribution < 1.29 is 9.47 Å². The first-order chi connectivity index (χ1) is 12.6. The molecule has 0 saturated carbocycles. The summed E-state index contributed by atoms with van der Waals surface area (Å²) in [4.78, 5) is 2.21. The average Bonchev–Trinajstić information content (AvgIpc) is 2.79. The highest BCUT2D eigenvalue weighted by Crippen LogP contribution is 2.28. The molecule has 0 amide bonds. The van der Waals surface area contributed by atoms with E-state index in [4.69, 9.17) is 26.8 Å². The van der Waals surface area contributed by atoms with E-state index < -0.39 is 0 Å². The molecule has 0 unspecified atom stereocenters. The van der Waals surface area contributed by atoms with Gasteiger partial charge in [0.15, 0.2) is 16.3 Å². The lowest BCUT2D eigenvalue weighted by Gasteiger charge is -2.18. The van der Waals surface area contributed by atoms with Gasteiger partial charge in [-0.05, 0) is 56.7 Å². The molecule has 142 valence electrons. The topological polar surface area (TPSA) is 44.5 Å². The fourth-order valence-electron chi connectivity index (χ4n) is 3.39. The van der Waals surface area contributed by atoms with Crippen molar-refractivity contribution in [3.8, 4) is 11.5 Å². The third-order valence-corrected chi connectivity index (χ3v) is 5.07. The molecule has 1 aromatic carbocycles. The van der Waals surface area contributed by atoms with E-state index in [0.29, 0.717) is 13.3 Å². The fourth-order valence-corrected chi connectivity index (χ4v) is 3.69. The minimum Gasteiger partial charge on any atom is -0.493 e. The molecule has 3 rings (SSSR count). The van der Waals surface area contributed by atoms with E-state index in [-0.39, 0.29) is 0 Å². The Kier molecular flexibility index (Phi) is 6.32. The van der Waals surface area contributed by atoms with Crippen LogP contribution in [0.25, 0.3) is 0 Å². The van der Waals surface area contributed by atoms with E-state index in [0.717, 1.165) is 41.6 Å². The molecule has 0 N–H and O–H groups in total. The van der Waals surface area contributed by atoms with Gasteiger partial charge >= 0.3 is 0 Å². The van der Waals surface area contributed by atoms with Crippen molar-refractivity contribution in [2.75, 3.05) is 20.8 Å². The van der Waals surface area contributed by atoms with Gasteiger partial charge in [-0.25, -0.2) is 4.68 Å². The van der Waals surface area contributed by atoms with Crippen LogP contribution in [-0.4, -0.2) is 40.0 Å². The predicted molar refractivity (Wildman–Crippen MR) is 104 cm³/mol. The average molecular weight is 377 g/mol. The molecule has 7 heteroatoms. The molecule has 0 bridgehead atoms. The number of aryl methyl sites for hydroxylation is 1. The minimum absolute atomic E-state index is 0.624. The Labute approximate surface area is 160 Å². The molecule has 1 aliphatic heterocycles. The van der Waals surface area contributed by atoms with Gasteiger partial charge in [0.2, 0.25) is 0 Å². The highest BCUT2D eigenvalue weighted by Gasteiger charge is 2.15. The number of benzene rings is 1. The maximum Gasteiger partial charge on any atom is 0.199 e. The SMILES string of the molecule is CCOc1ccc(CN(C)Cn2nc3n(c2=S)CCCCC3)cc1OC. The van der Waals surface area contributed by atoms with Crippen LogP contribution in [0.15, 0.2) is 18.2 Å². The monoisotopic (exact) mass is 376 g/mol. The zero-order valence-corrected chi connectivity index (χ0v) is 16.7. The summed E-state index contributed by atoms with van der Waals surface area (Å²) in [5.74, 6) is 2.67. The number of hydrogen-bond donors (Lipinski definition) is 0. The van der Waals surface area contributed by atoms with Crippen LogP contribution < -0.4 is 9.47 Å². The standard InChI is InChI=1S/C19H28N4O2S/c1-4-25-16-10-9-15(12-17(16)24-3)13-21(2)14-23-19(26)22-11-7-5-6-8-18(22)20-23/h9-10,12H,4-8,11,13-14H2,1-3H3. The van der Waals surface area contributed by atoms with Crippen molar-refractivity contribution in [1.29, 1.82) is 0 Å². The number of nitrogens with zero attached hydrogens (tertiary/aromatic N) is 4. The zero-order chi connectivity index (χ0) is 18.5. The number of rotatable bonds is 7. The Balaban J connectivity index is 1.69. The van der Waals surface area contributed by atoms with Crippen molar-refractivity contribution >= 4 is 12.2 Å². The van der Waals surface area contributed by atoms with Crippen LogP contribution in [0.1, 0.15) is 37.6 Å². The van der Waals surface area contributed by atoms with Crippen molar-refractivity contribution in [1.82, 2.24) is 19.2 Å². The number of fused-ring (bicyclic) bond motifs is 1. The molecular formula is C19H28N4O2S. The largest absolute Gasteiger partial charge is 0.493 e. The maximum absolute atomic E-state index is 5.64. The molecule has 26 heavy (non-hydrogen) atoms. The summed E-state index contributed by atoms with van der Waals surface area (Å²) in [6.45, 7) is 5.05. The van der Waals surface area contributed by atoms with E-state index in [1.807, 2.05) is 23.7 Å². The molecule has 0 spiro atoms. The molecule has 2 heterocycles. The molecule has 0 atom stereocenters. The Morgan fingerprint density at radius 1 is 1.23 bits per heavy atom. The normalized spacial score (nSPS) is 14.2. The Morgan fingerprint density at radius 2 is 2.08 bits per heavy atom. The molecule has 0 saturated heterocycles. The molecule has 1 aromatic heterocycles. The van der Waals surface area contributed by atoms with Crippen molar-refractivity contribution in [3.63, 3.8) is 0 Å². The van der Waals surface area contributed by atoms with E-state index in [1.165, 1.54) is 24.8 Å². The first-order valence-corrected chi connectivity index (χ1v) is 9.68. The van der Waals surface area contributed by atoms with Crippen LogP contribution in [-0.2, 0) is 26.2 Å². The van der Waals surface area contributed by atoms with Crippen LogP contribution in [0.3, 0.4) is 0 Å². The first-order valence-electron chi connectivity index (χ1n) is 9.27. The lowest BCUT2D eigenvalue weighted by atomic mass is 10.2. The minimum atomic E-state index is 0.624. The van der Waals surface area contributed by atoms with Gasteiger partial charge in [0, 0.05) is 19.5 Å². The highest BCUT2D eigenvalue weighted by molar-refractivity contribution is 7.71. The van der Waals surface area contributed by atoms with Crippen molar-refractivity contribution in [2.45, 2.75) is 52.4 Å². The Morgan fingerprint density at radius 3 is 2.85 bits per heavy atom. The summed E-state index contributed by atoms with van der Waals surface area (Å²) in [5, 5.41) is 4.75. The molecule has 0 aliphatic carbocycles. The van der Waals surface area contributed by atoms with Gasteiger partial charge in [-0.2, -0.15) is 5.10 Å². The molecule has 0 radical (unpaired) electrons. The van der Waals surface area contributed by atoms with E-state index >= 15 is 0 Å². The molecule has 1 aliphatic rings. The molecular weight excluding hydrogens is 348 g/mol. The second-order valence-corrected chi connectivity index (χ2v) is 7.10. The summed E-state index contributed by atoms with van der Waals surface area (Å²) >= 11 is 5.64. The van der Waals surface area contributed by atoms with E-state index in [1.54, 1.807) is 7.11 Å². The lowest BCUT2D eigenvalue weighted by molar-refractivity contribution is 0.242. The van der Waals surface area contributed by atoms with E-state index in [9.17, 15) is 0 Å². The van der Waals surface area contributed by atoms with Gasteiger partial charge in [0.1, 0.15) is 5.82 Å². The van der Waals surface area contributed by atoms with Gasteiger partial charge in [0.25, 0.3) is 0 Å². The number of ether oxygens (including phenoxy) is 2. The summed E-state index contributed by atoms with van der Waals surface area (Å²) < 4.78 is 16.0. The third kappa shape index (κ3) is 4.27. The van der Waals surface area contributed by atoms with Gasteiger partial charge in [-0.1, -0.05) is 12.5 Å². The van der Waals surface area contributed by atoms with Crippen LogP contribution in [0, 0.1) is 4.77 Å². The Hall–Kier alpha value is -1.86. The summed E-state index contributed by atoms with van der Waals surface area (Å²) in [5.41, 5.74) is 1.17. The van der Waals surface area contributed by atoms with Gasteiger partial charge in [-0.3, -0.25) is 4.90 Å². The third-order valence-electron chi connectivity index (χ3n) is 4.64. The Bertz CT molecular complexity index is 799. The number of aromatic nitrogens is 3. The van der Waals surface area contributed by atoms with Crippen LogP contribution in [0.5, 0.6) is 11.5 Å². The predicted octanol–water partition coefficient (Wildman–Crippen LogP) is 3.64. The van der Waals surface area contributed by atoms with Crippen LogP contribution in [0.4, 0.5) is 0 Å². The highest BCUT2D eigenvalue weighted by atomic mass is 32.1. The van der Waals surface area contributed by atoms with Crippen LogP contribution >= 0.6 is 12.2 Å². The van der Waals surface area contributed by atoms with Crippen molar-refractivity contribution in [2.24, 2.45) is 0 Å². The lowest BCUT2D eigenvalue weighted by Crippen LogP contribution is -2.22. The smallest absolute Gasteiger partial charge is 0.199 e.